The van der Waals surface area contributed by atoms with Crippen molar-refractivity contribution in [2.45, 2.75) is 44.9 Å². The number of carbonyl (C=O) groups is 3. The van der Waals surface area contributed by atoms with E-state index in [0.717, 1.165) is 10.5 Å². The fourth-order valence-electron chi connectivity index (χ4n) is 3.86. The molecule has 0 spiro atoms. The first kappa shape index (κ1) is 20.1. The van der Waals surface area contributed by atoms with Crippen LogP contribution in [0, 0.1) is 0 Å². The molecule has 3 atom stereocenters. The molecular formula is C20H27N3O5. The molecule has 8 nitrogen and oxygen atoms in total. The van der Waals surface area contributed by atoms with Crippen molar-refractivity contribution in [3.8, 4) is 5.75 Å². The smallest absolute Gasteiger partial charge is 0.325 e. The third-order valence-corrected chi connectivity index (χ3v) is 5.15. The van der Waals surface area contributed by atoms with Gasteiger partial charge in [0.15, 0.2) is 0 Å². The van der Waals surface area contributed by atoms with Gasteiger partial charge in [-0.1, -0.05) is 18.2 Å². The Hall–Kier alpha value is -2.61. The number of urea groups is 1. The number of amides is 4. The number of nitrogens with zero attached hydrogens (tertiary/aromatic N) is 2. The van der Waals surface area contributed by atoms with E-state index >= 15 is 0 Å². The summed E-state index contributed by atoms with van der Waals surface area (Å²) in [6, 6.07) is 6.81. The van der Waals surface area contributed by atoms with Gasteiger partial charge in [0.25, 0.3) is 5.91 Å². The average molecular weight is 389 g/mol. The van der Waals surface area contributed by atoms with E-state index in [4.69, 9.17) is 9.47 Å². The zero-order chi connectivity index (χ0) is 20.5. The summed E-state index contributed by atoms with van der Waals surface area (Å²) in [4.78, 5) is 40.8. The number of benzene rings is 1. The number of carbonyl (C=O) groups excluding carboxylic acids is 3. The Morgan fingerprint density at radius 2 is 1.89 bits per heavy atom. The van der Waals surface area contributed by atoms with E-state index in [1.165, 1.54) is 0 Å². The van der Waals surface area contributed by atoms with Gasteiger partial charge in [-0.15, -0.1) is 0 Å². The van der Waals surface area contributed by atoms with Crippen molar-refractivity contribution in [3.05, 3.63) is 29.8 Å². The van der Waals surface area contributed by atoms with Crippen LogP contribution in [0.5, 0.6) is 5.75 Å². The molecule has 2 aliphatic rings. The second-order valence-electron chi connectivity index (χ2n) is 7.70. The van der Waals surface area contributed by atoms with Crippen LogP contribution in [0.25, 0.3) is 0 Å². The molecule has 2 fully saturated rings. The van der Waals surface area contributed by atoms with Crippen LogP contribution in [0.4, 0.5) is 4.79 Å². The van der Waals surface area contributed by atoms with Crippen LogP contribution in [0.1, 0.15) is 26.3 Å². The summed E-state index contributed by atoms with van der Waals surface area (Å²) < 4.78 is 11.0. The second kappa shape index (κ2) is 7.79. The van der Waals surface area contributed by atoms with Gasteiger partial charge in [0.1, 0.15) is 17.8 Å². The summed E-state index contributed by atoms with van der Waals surface area (Å²) in [5.74, 6) is -0.0188. The topological polar surface area (TPSA) is 88.2 Å². The van der Waals surface area contributed by atoms with Gasteiger partial charge in [0, 0.05) is 19.5 Å². The first-order valence-electron chi connectivity index (χ1n) is 9.42. The van der Waals surface area contributed by atoms with Crippen molar-refractivity contribution in [1.29, 1.82) is 0 Å². The van der Waals surface area contributed by atoms with E-state index in [1.54, 1.807) is 18.9 Å². The van der Waals surface area contributed by atoms with Crippen LogP contribution in [-0.2, 0) is 20.7 Å². The third kappa shape index (κ3) is 3.96. The number of nitrogens with one attached hydrogen (secondary N) is 1. The molecule has 3 rings (SSSR count). The minimum absolute atomic E-state index is 0.0772. The Bertz CT molecular complexity index is 773. The van der Waals surface area contributed by atoms with Crippen molar-refractivity contribution in [2.24, 2.45) is 0 Å². The van der Waals surface area contributed by atoms with Gasteiger partial charge in [0.2, 0.25) is 5.91 Å². The van der Waals surface area contributed by atoms with E-state index < -0.39 is 17.5 Å². The average Bonchev–Trinajstić information content (AvgIpc) is 2.84. The molecule has 3 unspecified atom stereocenters. The fourth-order valence-corrected chi connectivity index (χ4v) is 3.86. The van der Waals surface area contributed by atoms with Crippen LogP contribution in [0.3, 0.4) is 0 Å². The highest BCUT2D eigenvalue weighted by Gasteiger charge is 2.49. The van der Waals surface area contributed by atoms with Crippen molar-refractivity contribution in [3.63, 3.8) is 0 Å². The molecule has 152 valence electrons. The largest absolute Gasteiger partial charge is 0.496 e. The first-order chi connectivity index (χ1) is 13.2. The minimum atomic E-state index is -1.13. The minimum Gasteiger partial charge on any atom is -0.496 e. The summed E-state index contributed by atoms with van der Waals surface area (Å²) in [6.45, 7) is 6.09. The molecule has 2 saturated heterocycles. The number of methoxy groups -OCH3 is 1. The summed E-state index contributed by atoms with van der Waals surface area (Å²) in [5.41, 5.74) is -0.317. The zero-order valence-corrected chi connectivity index (χ0v) is 16.7. The Morgan fingerprint density at radius 3 is 2.54 bits per heavy atom. The lowest BCUT2D eigenvalue weighted by atomic mass is 9.92. The van der Waals surface area contributed by atoms with Gasteiger partial charge in [0.05, 0.1) is 19.3 Å². The Labute approximate surface area is 164 Å². The number of para-hydroxylation sites is 1. The number of hydrogen-bond donors (Lipinski definition) is 1. The maximum Gasteiger partial charge on any atom is 0.325 e. The third-order valence-electron chi connectivity index (χ3n) is 5.15. The van der Waals surface area contributed by atoms with Gasteiger partial charge in [-0.25, -0.2) is 4.79 Å². The molecule has 2 heterocycles. The summed E-state index contributed by atoms with van der Waals surface area (Å²) >= 11 is 0. The summed E-state index contributed by atoms with van der Waals surface area (Å²) in [5, 5.41) is 2.74. The normalized spacial score (nSPS) is 27.7. The molecule has 8 heteroatoms. The number of imide groups is 1. The van der Waals surface area contributed by atoms with Crippen molar-refractivity contribution >= 4 is 17.8 Å². The highest BCUT2D eigenvalue weighted by molar-refractivity contribution is 6.09. The standard InChI is InChI=1S/C20H27N3O5/c1-13-10-22(11-14(2)28-13)17(24)12-23-18(25)20(3,21-19(23)26)9-15-7-5-6-8-16(15)27-4/h5-8,13-14H,9-12H2,1-4H3,(H,21,26). The van der Waals surface area contributed by atoms with E-state index in [1.807, 2.05) is 38.1 Å². The van der Waals surface area contributed by atoms with Crippen LogP contribution in [-0.4, -0.2) is 72.1 Å². The number of rotatable bonds is 5. The quantitative estimate of drug-likeness (QED) is 0.764. The van der Waals surface area contributed by atoms with Crippen molar-refractivity contribution in [2.75, 3.05) is 26.7 Å². The zero-order valence-electron chi connectivity index (χ0n) is 16.7. The molecule has 0 bridgehead atoms. The van der Waals surface area contributed by atoms with Crippen LogP contribution in [0.15, 0.2) is 24.3 Å². The lowest BCUT2D eigenvalue weighted by Crippen LogP contribution is -2.52. The molecule has 0 aliphatic carbocycles. The Morgan fingerprint density at radius 1 is 1.25 bits per heavy atom. The maximum atomic E-state index is 13.0. The van der Waals surface area contributed by atoms with Gasteiger partial charge >= 0.3 is 6.03 Å². The van der Waals surface area contributed by atoms with Crippen LogP contribution in [0.2, 0.25) is 0 Å². The van der Waals surface area contributed by atoms with E-state index in [9.17, 15) is 14.4 Å². The molecule has 2 aliphatic heterocycles. The molecule has 28 heavy (non-hydrogen) atoms. The van der Waals surface area contributed by atoms with Crippen molar-refractivity contribution < 1.29 is 23.9 Å². The van der Waals surface area contributed by atoms with E-state index in [-0.39, 0.29) is 31.1 Å². The van der Waals surface area contributed by atoms with Crippen molar-refractivity contribution in [1.82, 2.24) is 15.1 Å². The van der Waals surface area contributed by atoms with Crippen LogP contribution < -0.4 is 10.1 Å². The highest BCUT2D eigenvalue weighted by Crippen LogP contribution is 2.27. The van der Waals surface area contributed by atoms with E-state index in [0.29, 0.717) is 18.8 Å². The molecule has 4 amide bonds. The molecule has 0 radical (unpaired) electrons. The molecule has 1 N–H and O–H groups in total. The fraction of sp³-hybridized carbons (Fsp3) is 0.550. The molecular weight excluding hydrogens is 362 g/mol. The highest BCUT2D eigenvalue weighted by atomic mass is 16.5. The number of ether oxygens (including phenoxy) is 2. The summed E-state index contributed by atoms with van der Waals surface area (Å²) in [7, 11) is 1.56. The Kier molecular flexibility index (Phi) is 5.60. The lowest BCUT2D eigenvalue weighted by molar-refractivity contribution is -0.146. The molecule has 0 aromatic heterocycles. The number of morpholine rings is 1. The molecule has 0 saturated carbocycles. The Balaban J connectivity index is 1.71. The SMILES string of the molecule is COc1ccccc1CC1(C)NC(=O)N(CC(=O)N2CC(C)OC(C)C2)C1=O. The van der Waals surface area contributed by atoms with E-state index in [2.05, 4.69) is 5.32 Å². The molecule has 1 aromatic rings. The van der Waals surface area contributed by atoms with Crippen LogP contribution >= 0.6 is 0 Å². The molecule has 1 aromatic carbocycles. The predicted molar refractivity (Wildman–Crippen MR) is 102 cm³/mol. The van der Waals surface area contributed by atoms with Gasteiger partial charge < -0.3 is 19.7 Å². The number of hydrogen-bond acceptors (Lipinski definition) is 5. The van der Waals surface area contributed by atoms with Gasteiger partial charge in [-0.05, 0) is 32.4 Å². The van der Waals surface area contributed by atoms with Gasteiger partial charge in [-0.3, -0.25) is 14.5 Å². The predicted octanol–water partition coefficient (Wildman–Crippen LogP) is 1.18. The monoisotopic (exact) mass is 389 g/mol. The second-order valence-corrected chi connectivity index (χ2v) is 7.70. The maximum absolute atomic E-state index is 13.0. The lowest BCUT2D eigenvalue weighted by Gasteiger charge is -2.35. The summed E-state index contributed by atoms with van der Waals surface area (Å²) in [6.07, 6.45) is 0.121. The van der Waals surface area contributed by atoms with Gasteiger partial charge in [-0.2, -0.15) is 0 Å². The first-order valence-corrected chi connectivity index (χ1v) is 9.42.